The van der Waals surface area contributed by atoms with Gasteiger partial charge in [-0.1, -0.05) is 13.8 Å². The second-order valence-corrected chi connectivity index (χ2v) is 8.03. The van der Waals surface area contributed by atoms with Gasteiger partial charge in [0.05, 0.1) is 28.0 Å². The maximum absolute atomic E-state index is 11.9. The molecule has 6 nitrogen and oxygen atoms in total. The maximum atomic E-state index is 11.9. The molecule has 148 valence electrons. The molecular weight excluding hydrogens is 370 g/mol. The average Bonchev–Trinajstić information content (AvgIpc) is 3.08. The van der Waals surface area contributed by atoms with Crippen LogP contribution in [0.5, 0.6) is 0 Å². The highest BCUT2D eigenvalue weighted by molar-refractivity contribution is 7.25. The van der Waals surface area contributed by atoms with Crippen LogP contribution < -0.4 is 16.5 Å². The third-order valence-electron chi connectivity index (χ3n) is 5.35. The van der Waals surface area contributed by atoms with E-state index in [2.05, 4.69) is 46.0 Å². The molecule has 0 aliphatic heterocycles. The Kier molecular flexibility index (Phi) is 5.39. The second-order valence-electron chi connectivity index (χ2n) is 6.98. The van der Waals surface area contributed by atoms with Gasteiger partial charge in [0, 0.05) is 41.2 Å². The molecule has 0 amide bonds. The first-order valence-electron chi connectivity index (χ1n) is 9.90. The van der Waals surface area contributed by atoms with Gasteiger partial charge in [0.25, 0.3) is 0 Å². The largest absolute Gasteiger partial charge is 0.383 e. The van der Waals surface area contributed by atoms with Crippen LogP contribution in [0.15, 0.2) is 35.1 Å². The molecule has 0 bridgehead atoms. The zero-order valence-corrected chi connectivity index (χ0v) is 17.2. The van der Waals surface area contributed by atoms with Gasteiger partial charge in [-0.25, -0.2) is 0 Å². The van der Waals surface area contributed by atoms with Crippen molar-refractivity contribution in [3.63, 3.8) is 0 Å². The van der Waals surface area contributed by atoms with Gasteiger partial charge in [-0.3, -0.25) is 14.6 Å². The lowest BCUT2D eigenvalue weighted by atomic mass is 10.1. The summed E-state index contributed by atoms with van der Waals surface area (Å²) in [4.78, 5) is 14.4. The normalized spacial score (nSPS) is 12.0. The minimum Gasteiger partial charge on any atom is -0.383 e. The van der Waals surface area contributed by atoms with E-state index in [1.165, 1.54) is 10.9 Å². The Morgan fingerprint density at radius 1 is 1.21 bits per heavy atom. The van der Waals surface area contributed by atoms with E-state index in [0.29, 0.717) is 6.54 Å². The molecule has 4 N–H and O–H groups in total. The molecule has 4 aromatic rings. The SMILES string of the molecule is CCN(CC)CCn1[nH]c2c3ccc(=O)cc3sc3c(NCCN)ccc1c32. The number of aromatic amines is 1. The van der Waals surface area contributed by atoms with Crippen molar-refractivity contribution in [1.29, 1.82) is 0 Å². The van der Waals surface area contributed by atoms with E-state index in [9.17, 15) is 4.79 Å². The number of benzene rings is 2. The highest BCUT2D eigenvalue weighted by Crippen LogP contribution is 2.40. The van der Waals surface area contributed by atoms with Crippen LogP contribution in [0.1, 0.15) is 13.8 Å². The molecule has 2 heterocycles. The topological polar surface area (TPSA) is 79.1 Å². The Hall–Kier alpha value is -2.35. The predicted molar refractivity (Wildman–Crippen MR) is 121 cm³/mol. The number of likely N-dealkylation sites (N-methyl/N-ethyl adjacent to an activating group) is 1. The van der Waals surface area contributed by atoms with Gasteiger partial charge >= 0.3 is 0 Å². The number of nitrogens with one attached hydrogen (secondary N) is 2. The Balaban J connectivity index is 1.93. The Labute approximate surface area is 167 Å². The van der Waals surface area contributed by atoms with Gasteiger partial charge in [0.2, 0.25) is 0 Å². The summed E-state index contributed by atoms with van der Waals surface area (Å²) in [6.07, 6.45) is 0. The number of nitrogens with two attached hydrogens (primary N) is 1. The first-order chi connectivity index (χ1) is 13.7. The van der Waals surface area contributed by atoms with Crippen molar-refractivity contribution in [2.45, 2.75) is 20.4 Å². The van der Waals surface area contributed by atoms with Crippen molar-refractivity contribution in [3.05, 3.63) is 40.6 Å². The van der Waals surface area contributed by atoms with Crippen molar-refractivity contribution in [3.8, 4) is 0 Å². The fraction of sp³-hybridized carbons (Fsp3) is 0.381. The van der Waals surface area contributed by atoms with Crippen LogP contribution in [-0.2, 0) is 6.54 Å². The zero-order valence-electron chi connectivity index (χ0n) is 16.4. The summed E-state index contributed by atoms with van der Waals surface area (Å²) >= 11 is 1.67. The first-order valence-corrected chi connectivity index (χ1v) is 10.7. The van der Waals surface area contributed by atoms with Crippen LogP contribution in [0.3, 0.4) is 0 Å². The summed E-state index contributed by atoms with van der Waals surface area (Å²) in [5.41, 5.74) is 9.09. The van der Waals surface area contributed by atoms with Crippen LogP contribution in [-0.4, -0.2) is 47.4 Å². The van der Waals surface area contributed by atoms with Crippen molar-refractivity contribution < 1.29 is 0 Å². The van der Waals surface area contributed by atoms with Gasteiger partial charge in [0.1, 0.15) is 0 Å². The fourth-order valence-corrected chi connectivity index (χ4v) is 5.03. The van der Waals surface area contributed by atoms with E-state index in [1.54, 1.807) is 23.5 Å². The van der Waals surface area contributed by atoms with Gasteiger partial charge < -0.3 is 16.0 Å². The minimum atomic E-state index is 0.0410. The monoisotopic (exact) mass is 397 g/mol. The van der Waals surface area contributed by atoms with E-state index in [4.69, 9.17) is 5.73 Å². The van der Waals surface area contributed by atoms with E-state index < -0.39 is 0 Å². The first kappa shape index (κ1) is 19.0. The molecule has 7 heteroatoms. The van der Waals surface area contributed by atoms with E-state index in [0.717, 1.165) is 58.7 Å². The fourth-order valence-electron chi connectivity index (χ4n) is 3.80. The molecular formula is C21H27N5OS. The average molecular weight is 398 g/mol. The lowest BCUT2D eigenvalue weighted by Crippen LogP contribution is -2.27. The van der Waals surface area contributed by atoms with Crippen molar-refractivity contribution in [2.75, 3.05) is 38.0 Å². The molecule has 0 saturated heterocycles. The molecule has 2 aromatic heterocycles. The van der Waals surface area contributed by atoms with Crippen LogP contribution in [0.25, 0.3) is 31.2 Å². The van der Waals surface area contributed by atoms with Gasteiger partial charge in [-0.05, 0) is 37.4 Å². The smallest absolute Gasteiger partial charge is 0.180 e. The molecule has 0 radical (unpaired) electrons. The van der Waals surface area contributed by atoms with Crippen molar-refractivity contribution in [2.24, 2.45) is 5.73 Å². The molecule has 2 aromatic carbocycles. The van der Waals surface area contributed by atoms with E-state index in [-0.39, 0.29) is 5.43 Å². The number of hydrogen-bond donors (Lipinski definition) is 3. The van der Waals surface area contributed by atoms with Crippen molar-refractivity contribution >= 4 is 48.2 Å². The third kappa shape index (κ3) is 3.30. The summed E-state index contributed by atoms with van der Waals surface area (Å²) in [6.45, 7) is 9.67. The van der Waals surface area contributed by atoms with Crippen LogP contribution in [0.2, 0.25) is 0 Å². The molecule has 0 atom stereocenters. The minimum absolute atomic E-state index is 0.0410. The molecule has 0 spiro atoms. The standard InChI is InChI=1S/C21H27N5OS/c1-3-25(4-2)11-12-26-17-8-7-16(23-10-9-22)21-19(17)20(24-26)15-6-5-14(27)13-18(15)28-21/h5-8,13,23-24H,3-4,9-12,22H2,1-2H3. The van der Waals surface area contributed by atoms with Crippen LogP contribution >= 0.6 is 11.3 Å². The number of fused-ring (bicyclic) bond motifs is 2. The molecule has 28 heavy (non-hydrogen) atoms. The number of hydrogen-bond acceptors (Lipinski definition) is 5. The number of anilines is 1. The van der Waals surface area contributed by atoms with Gasteiger partial charge in [-0.2, -0.15) is 0 Å². The summed E-state index contributed by atoms with van der Waals surface area (Å²) in [6, 6.07) is 9.61. The number of nitrogens with zero attached hydrogens (tertiary/aromatic N) is 2. The lowest BCUT2D eigenvalue weighted by molar-refractivity contribution is 0.287. The molecule has 0 saturated carbocycles. The summed E-state index contributed by atoms with van der Waals surface area (Å²) in [5, 5.41) is 9.37. The van der Waals surface area contributed by atoms with E-state index >= 15 is 0 Å². The zero-order chi connectivity index (χ0) is 19.7. The molecule has 0 unspecified atom stereocenters. The predicted octanol–water partition coefficient (Wildman–Crippen LogP) is 3.41. The third-order valence-corrected chi connectivity index (χ3v) is 6.54. The van der Waals surface area contributed by atoms with Crippen LogP contribution in [0.4, 0.5) is 5.69 Å². The Bertz CT molecular complexity index is 1170. The molecule has 4 rings (SSSR count). The summed E-state index contributed by atoms with van der Waals surface area (Å²) < 4.78 is 4.40. The quantitative estimate of drug-likeness (QED) is 0.398. The second kappa shape index (κ2) is 7.95. The van der Waals surface area contributed by atoms with Crippen molar-refractivity contribution in [1.82, 2.24) is 14.7 Å². The number of aromatic nitrogens is 2. The highest BCUT2D eigenvalue weighted by Gasteiger charge is 2.16. The highest BCUT2D eigenvalue weighted by atomic mass is 32.1. The summed E-state index contributed by atoms with van der Waals surface area (Å²) in [7, 11) is 0. The molecule has 0 aliphatic rings. The number of H-pyrrole nitrogens is 1. The van der Waals surface area contributed by atoms with E-state index in [1.807, 2.05) is 6.07 Å². The van der Waals surface area contributed by atoms with Gasteiger partial charge in [0.15, 0.2) is 5.43 Å². The maximum Gasteiger partial charge on any atom is 0.180 e. The Morgan fingerprint density at radius 2 is 2.04 bits per heavy atom. The lowest BCUT2D eigenvalue weighted by Gasteiger charge is -2.18. The molecule has 0 fully saturated rings. The summed E-state index contributed by atoms with van der Waals surface area (Å²) in [5.74, 6) is 0. The molecule has 0 aliphatic carbocycles. The Morgan fingerprint density at radius 3 is 2.79 bits per heavy atom. The van der Waals surface area contributed by atoms with Crippen LogP contribution in [0, 0.1) is 0 Å². The van der Waals surface area contributed by atoms with Gasteiger partial charge in [-0.15, -0.1) is 11.3 Å². The number of rotatable bonds is 8.